The summed E-state index contributed by atoms with van der Waals surface area (Å²) in [5.74, 6) is 0.00988. The van der Waals surface area contributed by atoms with Crippen LogP contribution in [0.25, 0.3) is 0 Å². The average molecular weight is 260 g/mol. The van der Waals surface area contributed by atoms with E-state index in [0.717, 1.165) is 30.4 Å². The fraction of sp³-hybridized carbons (Fsp3) is 0.562. The third kappa shape index (κ3) is 2.81. The predicted octanol–water partition coefficient (Wildman–Crippen LogP) is 2.60. The molecule has 104 valence electrons. The lowest BCUT2D eigenvalue weighted by Gasteiger charge is -2.42. The molecule has 0 saturated heterocycles. The normalized spacial score (nSPS) is 17.7. The van der Waals surface area contributed by atoms with Crippen LogP contribution in [0.4, 0.5) is 0 Å². The highest BCUT2D eigenvalue weighted by Crippen LogP contribution is 2.32. The molecule has 1 fully saturated rings. The zero-order valence-corrected chi connectivity index (χ0v) is 12.1. The number of nitrogens with two attached hydrogens (primary N) is 1. The molecule has 0 spiro atoms. The van der Waals surface area contributed by atoms with Crippen LogP contribution in [0.2, 0.25) is 0 Å². The summed E-state index contributed by atoms with van der Waals surface area (Å²) in [6.45, 7) is 6.90. The third-order valence-electron chi connectivity index (χ3n) is 4.06. The molecule has 3 heteroatoms. The van der Waals surface area contributed by atoms with E-state index in [1.54, 1.807) is 0 Å². The molecule has 1 aromatic rings. The van der Waals surface area contributed by atoms with Crippen LogP contribution >= 0.6 is 0 Å². The minimum Gasteiger partial charge on any atom is -0.345 e. The van der Waals surface area contributed by atoms with E-state index in [9.17, 15) is 4.79 Å². The Kier molecular flexibility index (Phi) is 3.68. The molecule has 1 saturated carbocycles. The van der Waals surface area contributed by atoms with Gasteiger partial charge in [-0.1, -0.05) is 39.0 Å². The molecule has 3 nitrogen and oxygen atoms in total. The second-order valence-corrected chi connectivity index (χ2v) is 6.59. The maximum atomic E-state index is 12.5. The van der Waals surface area contributed by atoms with Gasteiger partial charge in [-0.05, 0) is 36.3 Å². The maximum Gasteiger partial charge on any atom is 0.252 e. The van der Waals surface area contributed by atoms with Crippen molar-refractivity contribution < 1.29 is 4.79 Å². The van der Waals surface area contributed by atoms with Gasteiger partial charge in [-0.3, -0.25) is 4.79 Å². The summed E-state index contributed by atoms with van der Waals surface area (Å²) in [5, 5.41) is 3.14. The molecule has 1 amide bonds. The SMILES string of the molecule is CC(C)(C)c1ccccc1C(=O)NC1(CN)CCC1. The van der Waals surface area contributed by atoms with Gasteiger partial charge in [0.1, 0.15) is 0 Å². The Labute approximate surface area is 115 Å². The van der Waals surface area contributed by atoms with Crippen LogP contribution < -0.4 is 11.1 Å². The van der Waals surface area contributed by atoms with E-state index >= 15 is 0 Å². The minimum absolute atomic E-state index is 0.00988. The molecule has 0 radical (unpaired) electrons. The molecule has 19 heavy (non-hydrogen) atoms. The van der Waals surface area contributed by atoms with Crippen LogP contribution in [-0.2, 0) is 5.41 Å². The zero-order valence-electron chi connectivity index (χ0n) is 12.1. The van der Waals surface area contributed by atoms with Gasteiger partial charge in [0.25, 0.3) is 5.91 Å². The number of nitrogens with one attached hydrogen (secondary N) is 1. The second-order valence-electron chi connectivity index (χ2n) is 6.59. The van der Waals surface area contributed by atoms with Crippen LogP contribution in [0, 0.1) is 0 Å². The van der Waals surface area contributed by atoms with Crippen LogP contribution in [0.3, 0.4) is 0 Å². The maximum absolute atomic E-state index is 12.5. The summed E-state index contributed by atoms with van der Waals surface area (Å²) < 4.78 is 0. The number of rotatable bonds is 3. The van der Waals surface area contributed by atoms with Gasteiger partial charge < -0.3 is 11.1 Å². The number of hydrogen-bond acceptors (Lipinski definition) is 2. The smallest absolute Gasteiger partial charge is 0.252 e. The summed E-state index contributed by atoms with van der Waals surface area (Å²) in [6.07, 6.45) is 3.14. The van der Waals surface area contributed by atoms with Crippen molar-refractivity contribution in [1.82, 2.24) is 5.32 Å². The highest BCUT2D eigenvalue weighted by molar-refractivity contribution is 5.96. The number of carbonyl (C=O) groups is 1. The van der Waals surface area contributed by atoms with Crippen LogP contribution in [0.1, 0.15) is 56.0 Å². The van der Waals surface area contributed by atoms with Gasteiger partial charge in [-0.2, -0.15) is 0 Å². The summed E-state index contributed by atoms with van der Waals surface area (Å²) in [7, 11) is 0. The zero-order chi connectivity index (χ0) is 14.1. The molecule has 0 heterocycles. The fourth-order valence-electron chi connectivity index (χ4n) is 2.63. The largest absolute Gasteiger partial charge is 0.345 e. The van der Waals surface area contributed by atoms with Crippen molar-refractivity contribution in [2.45, 2.75) is 51.0 Å². The van der Waals surface area contributed by atoms with Gasteiger partial charge in [0.05, 0.1) is 5.54 Å². The first-order chi connectivity index (χ1) is 8.88. The van der Waals surface area contributed by atoms with Gasteiger partial charge in [0, 0.05) is 12.1 Å². The Morgan fingerprint density at radius 3 is 2.42 bits per heavy atom. The first kappa shape index (κ1) is 14.1. The molecule has 2 rings (SSSR count). The van der Waals surface area contributed by atoms with Crippen molar-refractivity contribution in [3.8, 4) is 0 Å². The van der Waals surface area contributed by atoms with Crippen molar-refractivity contribution in [3.63, 3.8) is 0 Å². The van der Waals surface area contributed by atoms with E-state index in [1.807, 2.05) is 24.3 Å². The van der Waals surface area contributed by atoms with Crippen molar-refractivity contribution in [3.05, 3.63) is 35.4 Å². The summed E-state index contributed by atoms with van der Waals surface area (Å²) in [4.78, 5) is 12.5. The monoisotopic (exact) mass is 260 g/mol. The molecular formula is C16H24N2O. The van der Waals surface area contributed by atoms with E-state index in [1.165, 1.54) is 0 Å². The van der Waals surface area contributed by atoms with Crippen LogP contribution in [-0.4, -0.2) is 18.0 Å². The molecule has 1 aliphatic carbocycles. The van der Waals surface area contributed by atoms with Crippen LogP contribution in [0.5, 0.6) is 0 Å². The van der Waals surface area contributed by atoms with E-state index < -0.39 is 0 Å². The molecule has 1 aromatic carbocycles. The highest BCUT2D eigenvalue weighted by atomic mass is 16.1. The summed E-state index contributed by atoms with van der Waals surface area (Å²) >= 11 is 0. The molecule has 0 aromatic heterocycles. The predicted molar refractivity (Wildman–Crippen MR) is 78.2 cm³/mol. The van der Waals surface area contributed by atoms with Gasteiger partial charge in [0.15, 0.2) is 0 Å². The van der Waals surface area contributed by atoms with Gasteiger partial charge in [0.2, 0.25) is 0 Å². The van der Waals surface area contributed by atoms with E-state index in [4.69, 9.17) is 5.73 Å². The quantitative estimate of drug-likeness (QED) is 0.877. The van der Waals surface area contributed by atoms with Crippen molar-refractivity contribution >= 4 is 5.91 Å². The van der Waals surface area contributed by atoms with Gasteiger partial charge in [-0.25, -0.2) is 0 Å². The topological polar surface area (TPSA) is 55.1 Å². The first-order valence-electron chi connectivity index (χ1n) is 7.00. The van der Waals surface area contributed by atoms with Crippen molar-refractivity contribution in [2.24, 2.45) is 5.73 Å². The van der Waals surface area contributed by atoms with Crippen molar-refractivity contribution in [1.29, 1.82) is 0 Å². The highest BCUT2D eigenvalue weighted by Gasteiger charge is 2.37. The second kappa shape index (κ2) is 4.97. The Balaban J connectivity index is 2.25. The standard InChI is InChI=1S/C16H24N2O/c1-15(2,3)13-8-5-4-7-12(13)14(19)18-16(11-17)9-6-10-16/h4-5,7-8H,6,9-11,17H2,1-3H3,(H,18,19). The molecule has 0 aliphatic heterocycles. The number of carbonyl (C=O) groups excluding carboxylic acids is 1. The Morgan fingerprint density at radius 2 is 1.95 bits per heavy atom. The Bertz CT molecular complexity index is 464. The third-order valence-corrected chi connectivity index (χ3v) is 4.06. The summed E-state index contributed by atoms with van der Waals surface area (Å²) in [6, 6.07) is 7.84. The average Bonchev–Trinajstić information content (AvgIpc) is 2.32. The van der Waals surface area contributed by atoms with Crippen molar-refractivity contribution in [2.75, 3.05) is 6.54 Å². The first-order valence-corrected chi connectivity index (χ1v) is 7.00. The Morgan fingerprint density at radius 1 is 1.32 bits per heavy atom. The van der Waals surface area contributed by atoms with E-state index in [2.05, 4.69) is 26.1 Å². The van der Waals surface area contributed by atoms with Gasteiger partial charge in [-0.15, -0.1) is 0 Å². The molecule has 0 unspecified atom stereocenters. The number of amides is 1. The van der Waals surface area contributed by atoms with Crippen LogP contribution in [0.15, 0.2) is 24.3 Å². The number of benzene rings is 1. The Hall–Kier alpha value is -1.35. The molecule has 0 bridgehead atoms. The molecule has 3 N–H and O–H groups in total. The number of hydrogen-bond donors (Lipinski definition) is 2. The molecule has 0 atom stereocenters. The summed E-state index contributed by atoms with van der Waals surface area (Å²) in [5.41, 5.74) is 7.46. The minimum atomic E-state index is -0.165. The lowest BCUT2D eigenvalue weighted by Crippen LogP contribution is -2.58. The lowest BCUT2D eigenvalue weighted by atomic mass is 9.76. The molecule has 1 aliphatic rings. The van der Waals surface area contributed by atoms with E-state index in [-0.39, 0.29) is 16.9 Å². The molecular weight excluding hydrogens is 236 g/mol. The fourth-order valence-corrected chi connectivity index (χ4v) is 2.63. The van der Waals surface area contributed by atoms with Gasteiger partial charge >= 0.3 is 0 Å². The lowest BCUT2D eigenvalue weighted by molar-refractivity contribution is 0.0835. The van der Waals surface area contributed by atoms with E-state index in [0.29, 0.717) is 6.54 Å².